The largest absolute Gasteiger partial charge is 0.466 e. The normalized spacial score (nSPS) is 12.3. The van der Waals surface area contributed by atoms with Crippen LogP contribution in [0, 0.1) is 5.92 Å². The zero-order chi connectivity index (χ0) is 16.2. The predicted octanol–water partition coefficient (Wildman–Crippen LogP) is 1.32. The van der Waals surface area contributed by atoms with Gasteiger partial charge in [0.05, 0.1) is 18.2 Å². The number of nitrogens with zero attached hydrogens (tertiary/aromatic N) is 6. The maximum absolute atomic E-state index is 11.7. The third kappa shape index (κ3) is 3.15. The van der Waals surface area contributed by atoms with Gasteiger partial charge >= 0.3 is 5.97 Å². The molecule has 0 aliphatic rings. The lowest BCUT2D eigenvalue weighted by molar-refractivity contribution is -0.147. The van der Waals surface area contributed by atoms with Crippen molar-refractivity contribution >= 4 is 11.6 Å². The van der Waals surface area contributed by atoms with Crippen LogP contribution in [-0.4, -0.2) is 42.4 Å². The summed E-state index contributed by atoms with van der Waals surface area (Å²) in [5.41, 5.74) is 1.34. The minimum absolute atomic E-state index is 0.232. The van der Waals surface area contributed by atoms with Crippen molar-refractivity contribution < 1.29 is 9.53 Å². The molecule has 23 heavy (non-hydrogen) atoms. The molecule has 0 N–H and O–H groups in total. The maximum atomic E-state index is 11.7. The summed E-state index contributed by atoms with van der Waals surface area (Å²) in [4.78, 5) is 20.1. The molecule has 8 nitrogen and oxygen atoms in total. The molecule has 0 aliphatic heterocycles. The summed E-state index contributed by atoms with van der Waals surface area (Å²) in [5, 5.41) is 12.6. The molecule has 0 fully saturated rings. The van der Waals surface area contributed by atoms with Crippen LogP contribution in [0.1, 0.15) is 19.5 Å². The van der Waals surface area contributed by atoms with Crippen molar-refractivity contribution in [2.45, 2.75) is 20.3 Å². The Balaban J connectivity index is 1.91. The van der Waals surface area contributed by atoms with Crippen LogP contribution in [0.15, 0.2) is 30.6 Å². The molecule has 8 heteroatoms. The van der Waals surface area contributed by atoms with E-state index < -0.39 is 0 Å². The van der Waals surface area contributed by atoms with E-state index in [1.165, 1.54) is 0 Å². The molecule has 0 saturated carbocycles. The molecule has 0 amide bonds. The van der Waals surface area contributed by atoms with Gasteiger partial charge in [-0.05, 0) is 25.1 Å². The summed E-state index contributed by atoms with van der Waals surface area (Å²) in [7, 11) is 0. The Morgan fingerprint density at radius 2 is 2.04 bits per heavy atom. The number of carbonyl (C=O) groups is 1. The first-order chi connectivity index (χ1) is 11.2. The van der Waals surface area contributed by atoms with E-state index in [4.69, 9.17) is 4.74 Å². The molecule has 0 spiro atoms. The van der Waals surface area contributed by atoms with Crippen LogP contribution in [0.25, 0.3) is 17.3 Å². The summed E-state index contributed by atoms with van der Waals surface area (Å²) >= 11 is 0. The number of esters is 1. The highest BCUT2D eigenvalue weighted by Gasteiger charge is 2.17. The lowest BCUT2D eigenvalue weighted by atomic mass is 10.1. The van der Waals surface area contributed by atoms with E-state index in [9.17, 15) is 4.79 Å². The Hall–Kier alpha value is -2.90. The van der Waals surface area contributed by atoms with Gasteiger partial charge in [0.1, 0.15) is 0 Å². The van der Waals surface area contributed by atoms with Gasteiger partial charge in [-0.2, -0.15) is 9.61 Å². The van der Waals surface area contributed by atoms with Gasteiger partial charge in [0.2, 0.25) is 5.82 Å². The molecular formula is C15H16N6O2. The van der Waals surface area contributed by atoms with Crippen LogP contribution >= 0.6 is 0 Å². The topological polar surface area (TPSA) is 95.2 Å². The number of hydrogen-bond acceptors (Lipinski definition) is 7. The van der Waals surface area contributed by atoms with Crippen molar-refractivity contribution in [1.82, 2.24) is 29.8 Å². The number of rotatable bonds is 5. The van der Waals surface area contributed by atoms with E-state index in [1.807, 2.05) is 13.0 Å². The number of carbonyl (C=O) groups excluding carboxylic acids is 1. The molecule has 3 aromatic rings. The quantitative estimate of drug-likeness (QED) is 0.656. The minimum atomic E-state index is -0.271. The van der Waals surface area contributed by atoms with Gasteiger partial charge in [0.25, 0.3) is 0 Å². The van der Waals surface area contributed by atoms with Crippen molar-refractivity contribution in [2.75, 3.05) is 6.61 Å². The van der Waals surface area contributed by atoms with E-state index in [-0.39, 0.29) is 11.9 Å². The van der Waals surface area contributed by atoms with Crippen LogP contribution in [-0.2, 0) is 16.0 Å². The standard InChI is InChI=1S/C15H16N6O2/c1-3-23-15(22)10(2)9-11-5-6-12-18-19-14(21(12)20-11)13-16-7-4-8-17-13/h4-8,10H,3,9H2,1-2H3. The maximum Gasteiger partial charge on any atom is 0.309 e. The fraction of sp³-hybridized carbons (Fsp3) is 0.333. The van der Waals surface area contributed by atoms with E-state index in [0.717, 1.165) is 5.69 Å². The third-order valence-electron chi connectivity index (χ3n) is 3.29. The summed E-state index contributed by atoms with van der Waals surface area (Å²) in [6.07, 6.45) is 3.74. The number of fused-ring (bicyclic) bond motifs is 1. The van der Waals surface area contributed by atoms with Crippen molar-refractivity contribution in [3.63, 3.8) is 0 Å². The first-order valence-electron chi connectivity index (χ1n) is 7.34. The van der Waals surface area contributed by atoms with Crippen LogP contribution in [0.3, 0.4) is 0 Å². The number of aromatic nitrogens is 6. The Kier molecular flexibility index (Phi) is 4.22. The molecule has 0 saturated heterocycles. The molecular weight excluding hydrogens is 296 g/mol. The molecule has 3 rings (SSSR count). The van der Waals surface area contributed by atoms with E-state index in [0.29, 0.717) is 30.3 Å². The zero-order valence-electron chi connectivity index (χ0n) is 12.9. The van der Waals surface area contributed by atoms with Gasteiger partial charge in [0.15, 0.2) is 11.5 Å². The first kappa shape index (κ1) is 15.0. The molecule has 1 atom stereocenters. The fourth-order valence-electron chi connectivity index (χ4n) is 2.17. The Morgan fingerprint density at radius 3 is 2.78 bits per heavy atom. The second-order valence-corrected chi connectivity index (χ2v) is 5.05. The smallest absolute Gasteiger partial charge is 0.309 e. The lowest BCUT2D eigenvalue weighted by Crippen LogP contribution is -2.18. The monoisotopic (exact) mass is 312 g/mol. The molecule has 0 aromatic carbocycles. The second-order valence-electron chi connectivity index (χ2n) is 5.05. The summed E-state index contributed by atoms with van der Waals surface area (Å²) in [5.74, 6) is 0.409. The minimum Gasteiger partial charge on any atom is -0.466 e. The average Bonchev–Trinajstić information content (AvgIpc) is 2.99. The Bertz CT molecular complexity index is 817. The van der Waals surface area contributed by atoms with Gasteiger partial charge in [-0.15, -0.1) is 10.2 Å². The van der Waals surface area contributed by atoms with Crippen molar-refractivity contribution in [2.24, 2.45) is 5.92 Å². The molecule has 118 valence electrons. The Morgan fingerprint density at radius 1 is 1.26 bits per heavy atom. The van der Waals surface area contributed by atoms with Crippen molar-refractivity contribution in [3.8, 4) is 11.6 Å². The number of ether oxygens (including phenoxy) is 1. The van der Waals surface area contributed by atoms with E-state index >= 15 is 0 Å². The molecule has 0 aliphatic carbocycles. The van der Waals surface area contributed by atoms with Gasteiger partial charge in [-0.25, -0.2) is 9.97 Å². The summed E-state index contributed by atoms with van der Waals surface area (Å²) in [6, 6.07) is 5.36. The van der Waals surface area contributed by atoms with Gasteiger partial charge in [-0.1, -0.05) is 6.92 Å². The van der Waals surface area contributed by atoms with Crippen molar-refractivity contribution in [1.29, 1.82) is 0 Å². The average molecular weight is 312 g/mol. The third-order valence-corrected chi connectivity index (χ3v) is 3.29. The summed E-state index contributed by atoms with van der Waals surface area (Å²) < 4.78 is 6.61. The van der Waals surface area contributed by atoms with Crippen LogP contribution in [0.5, 0.6) is 0 Å². The summed E-state index contributed by atoms with van der Waals surface area (Å²) in [6.45, 7) is 3.98. The highest BCUT2D eigenvalue weighted by molar-refractivity contribution is 5.72. The predicted molar refractivity (Wildman–Crippen MR) is 81.3 cm³/mol. The second kappa shape index (κ2) is 6.47. The van der Waals surface area contributed by atoms with E-state index in [2.05, 4.69) is 25.3 Å². The van der Waals surface area contributed by atoms with Crippen LogP contribution < -0.4 is 0 Å². The van der Waals surface area contributed by atoms with Crippen molar-refractivity contribution in [3.05, 3.63) is 36.3 Å². The van der Waals surface area contributed by atoms with Crippen LogP contribution in [0.2, 0.25) is 0 Å². The van der Waals surface area contributed by atoms with Gasteiger partial charge in [-0.3, -0.25) is 4.79 Å². The Labute approximate surface area is 132 Å². The first-order valence-corrected chi connectivity index (χ1v) is 7.34. The lowest BCUT2D eigenvalue weighted by Gasteiger charge is -2.09. The van der Waals surface area contributed by atoms with E-state index in [1.54, 1.807) is 36.0 Å². The molecule has 3 aromatic heterocycles. The van der Waals surface area contributed by atoms with Gasteiger partial charge < -0.3 is 4.74 Å². The SMILES string of the molecule is CCOC(=O)C(C)Cc1ccc2nnc(-c3ncccn3)n2n1. The molecule has 0 radical (unpaired) electrons. The highest BCUT2D eigenvalue weighted by Crippen LogP contribution is 2.14. The van der Waals surface area contributed by atoms with Gasteiger partial charge in [0, 0.05) is 18.8 Å². The fourth-order valence-corrected chi connectivity index (χ4v) is 2.17. The highest BCUT2D eigenvalue weighted by atomic mass is 16.5. The number of hydrogen-bond donors (Lipinski definition) is 0. The molecule has 0 bridgehead atoms. The zero-order valence-corrected chi connectivity index (χ0v) is 12.9. The molecule has 3 heterocycles. The van der Waals surface area contributed by atoms with Crippen LogP contribution in [0.4, 0.5) is 0 Å². The molecule has 1 unspecified atom stereocenters.